The van der Waals surface area contributed by atoms with Gasteiger partial charge in [-0.05, 0) is 48.0 Å². The Morgan fingerprint density at radius 1 is 1.07 bits per heavy atom. The Balaban J connectivity index is 1.79. The van der Waals surface area contributed by atoms with Gasteiger partial charge in [-0.2, -0.15) is 0 Å². The van der Waals surface area contributed by atoms with E-state index < -0.39 is 0 Å². The molecule has 0 saturated heterocycles. The lowest BCUT2D eigenvalue weighted by Gasteiger charge is -2.18. The average Bonchev–Trinajstić information content (AvgIpc) is 3.39. The van der Waals surface area contributed by atoms with E-state index >= 15 is 0 Å². The van der Waals surface area contributed by atoms with Crippen molar-refractivity contribution in [2.45, 2.75) is 13.1 Å². The highest BCUT2D eigenvalue weighted by atomic mass is 35.5. The zero-order valence-corrected chi connectivity index (χ0v) is 16.3. The highest BCUT2D eigenvalue weighted by Crippen LogP contribution is 2.36. The van der Waals surface area contributed by atoms with Gasteiger partial charge in [-0.1, -0.05) is 11.6 Å². The lowest BCUT2D eigenvalue weighted by Crippen LogP contribution is -2.28. The third kappa shape index (κ3) is 4.78. The van der Waals surface area contributed by atoms with E-state index in [2.05, 4.69) is 0 Å². The number of hydrogen-bond donors (Lipinski definition) is 0. The van der Waals surface area contributed by atoms with E-state index in [1.165, 1.54) is 20.3 Å². The first-order chi connectivity index (χ1) is 13.6. The summed E-state index contributed by atoms with van der Waals surface area (Å²) >= 11 is 6.22. The van der Waals surface area contributed by atoms with Crippen molar-refractivity contribution in [3.63, 3.8) is 0 Å². The minimum absolute atomic E-state index is 0.196. The molecule has 28 heavy (non-hydrogen) atoms. The summed E-state index contributed by atoms with van der Waals surface area (Å²) in [6.45, 7) is 0.646. The van der Waals surface area contributed by atoms with Gasteiger partial charge in [0.2, 0.25) is 5.91 Å². The van der Waals surface area contributed by atoms with E-state index in [9.17, 15) is 4.79 Å². The van der Waals surface area contributed by atoms with Crippen LogP contribution < -0.4 is 9.47 Å². The van der Waals surface area contributed by atoms with Crippen LogP contribution in [0.4, 0.5) is 0 Å². The topological polar surface area (TPSA) is 65.0 Å². The molecule has 6 nitrogen and oxygen atoms in total. The highest BCUT2D eigenvalue weighted by molar-refractivity contribution is 6.32. The first-order valence-corrected chi connectivity index (χ1v) is 8.91. The van der Waals surface area contributed by atoms with Crippen LogP contribution in [0.1, 0.15) is 17.1 Å². The van der Waals surface area contributed by atoms with Crippen molar-refractivity contribution < 1.29 is 23.1 Å². The number of methoxy groups -OCH3 is 2. The number of rotatable bonds is 8. The van der Waals surface area contributed by atoms with Gasteiger partial charge in [0.15, 0.2) is 11.5 Å². The second-order valence-electron chi connectivity index (χ2n) is 5.92. The summed E-state index contributed by atoms with van der Waals surface area (Å²) in [5.41, 5.74) is 0.715. The predicted molar refractivity (Wildman–Crippen MR) is 105 cm³/mol. The first kappa shape index (κ1) is 19.6. The largest absolute Gasteiger partial charge is 0.493 e. The number of furan rings is 2. The van der Waals surface area contributed by atoms with Crippen molar-refractivity contribution in [3.05, 3.63) is 77.1 Å². The number of amides is 1. The second-order valence-corrected chi connectivity index (χ2v) is 6.33. The molecule has 0 aliphatic rings. The zero-order valence-electron chi connectivity index (χ0n) is 15.6. The molecule has 0 saturated carbocycles. The van der Waals surface area contributed by atoms with Crippen molar-refractivity contribution in [2.75, 3.05) is 14.2 Å². The Hall–Kier alpha value is -3.12. The van der Waals surface area contributed by atoms with E-state index in [-0.39, 0.29) is 5.91 Å². The number of benzene rings is 1. The van der Waals surface area contributed by atoms with Crippen LogP contribution in [0, 0.1) is 0 Å². The average molecular weight is 402 g/mol. The molecule has 0 aliphatic carbocycles. The lowest BCUT2D eigenvalue weighted by molar-refractivity contribution is -0.127. The van der Waals surface area contributed by atoms with Gasteiger partial charge in [0, 0.05) is 6.08 Å². The number of carbonyl (C=O) groups excluding carboxylic acids is 1. The molecule has 2 heterocycles. The summed E-state index contributed by atoms with van der Waals surface area (Å²) in [7, 11) is 3.05. The summed E-state index contributed by atoms with van der Waals surface area (Å²) in [5.74, 6) is 2.11. The third-order valence-electron chi connectivity index (χ3n) is 4.04. The van der Waals surface area contributed by atoms with Crippen LogP contribution >= 0.6 is 11.6 Å². The lowest BCUT2D eigenvalue weighted by atomic mass is 10.1. The van der Waals surface area contributed by atoms with Crippen molar-refractivity contribution in [2.24, 2.45) is 0 Å². The number of hydrogen-bond acceptors (Lipinski definition) is 5. The van der Waals surface area contributed by atoms with Crippen LogP contribution in [0.15, 0.2) is 63.8 Å². The van der Waals surface area contributed by atoms with Gasteiger partial charge in [-0.15, -0.1) is 0 Å². The van der Waals surface area contributed by atoms with E-state index in [1.54, 1.807) is 47.8 Å². The number of halogens is 1. The zero-order chi connectivity index (χ0) is 19.9. The molecule has 0 radical (unpaired) electrons. The minimum atomic E-state index is -0.196. The fourth-order valence-electron chi connectivity index (χ4n) is 2.70. The van der Waals surface area contributed by atoms with Crippen molar-refractivity contribution in [1.82, 2.24) is 4.90 Å². The molecule has 2 aromatic heterocycles. The molecule has 0 bridgehead atoms. The van der Waals surface area contributed by atoms with Crippen molar-refractivity contribution in [3.8, 4) is 11.5 Å². The summed E-state index contributed by atoms with van der Waals surface area (Å²) in [6, 6.07) is 10.7. The van der Waals surface area contributed by atoms with E-state index in [0.717, 1.165) is 0 Å². The fraction of sp³-hybridized carbons (Fsp3) is 0.190. The molecule has 0 aliphatic heterocycles. The molecule has 0 fully saturated rings. The van der Waals surface area contributed by atoms with E-state index in [1.807, 2.05) is 12.1 Å². The highest BCUT2D eigenvalue weighted by Gasteiger charge is 2.15. The maximum Gasteiger partial charge on any atom is 0.247 e. The maximum absolute atomic E-state index is 12.8. The van der Waals surface area contributed by atoms with Crippen LogP contribution in [0.25, 0.3) is 6.08 Å². The molecular formula is C21H20ClNO5. The summed E-state index contributed by atoms with van der Waals surface area (Å²) in [4.78, 5) is 14.4. The molecule has 146 valence electrons. The maximum atomic E-state index is 12.8. The second kappa shape index (κ2) is 9.19. The predicted octanol–water partition coefficient (Wildman–Crippen LogP) is 4.79. The van der Waals surface area contributed by atoms with Crippen molar-refractivity contribution >= 4 is 23.6 Å². The first-order valence-electron chi connectivity index (χ1n) is 8.54. The number of carbonyl (C=O) groups is 1. The quantitative estimate of drug-likeness (QED) is 0.508. The normalized spacial score (nSPS) is 11.0. The minimum Gasteiger partial charge on any atom is -0.493 e. The Morgan fingerprint density at radius 3 is 2.21 bits per heavy atom. The molecule has 0 unspecified atom stereocenters. The van der Waals surface area contributed by atoms with Gasteiger partial charge in [0.1, 0.15) is 11.5 Å². The molecule has 0 spiro atoms. The Morgan fingerprint density at radius 2 is 1.71 bits per heavy atom. The smallest absolute Gasteiger partial charge is 0.247 e. The molecule has 1 amide bonds. The van der Waals surface area contributed by atoms with Crippen LogP contribution in [-0.2, 0) is 17.9 Å². The van der Waals surface area contributed by atoms with Gasteiger partial charge in [0.25, 0.3) is 0 Å². The van der Waals surface area contributed by atoms with E-state index in [4.69, 9.17) is 29.9 Å². The third-order valence-corrected chi connectivity index (χ3v) is 4.32. The molecule has 0 N–H and O–H groups in total. The van der Waals surface area contributed by atoms with Gasteiger partial charge in [0.05, 0.1) is 44.9 Å². The monoisotopic (exact) mass is 401 g/mol. The Labute approximate surface area is 167 Å². The SMILES string of the molecule is COc1cc(/C=C/C(=O)N(Cc2ccco2)Cc2ccco2)cc(Cl)c1OC. The Bertz CT molecular complexity index is 896. The van der Waals surface area contributed by atoms with Crippen LogP contribution in [0.5, 0.6) is 11.5 Å². The van der Waals surface area contributed by atoms with Crippen molar-refractivity contribution in [1.29, 1.82) is 0 Å². The van der Waals surface area contributed by atoms with Gasteiger partial charge in [-0.25, -0.2) is 0 Å². The summed E-state index contributed by atoms with van der Waals surface area (Å²) in [6.07, 6.45) is 6.30. The molecule has 3 rings (SSSR count). The van der Waals surface area contributed by atoms with Crippen LogP contribution in [0.2, 0.25) is 5.02 Å². The van der Waals surface area contributed by atoms with Crippen LogP contribution in [0.3, 0.4) is 0 Å². The number of nitrogens with zero attached hydrogens (tertiary/aromatic N) is 1. The Kier molecular flexibility index (Phi) is 6.45. The summed E-state index contributed by atoms with van der Waals surface area (Å²) in [5, 5.41) is 0.400. The molecular weight excluding hydrogens is 382 g/mol. The van der Waals surface area contributed by atoms with Gasteiger partial charge in [-0.3, -0.25) is 4.79 Å². The summed E-state index contributed by atoms with van der Waals surface area (Å²) < 4.78 is 21.3. The van der Waals surface area contributed by atoms with Gasteiger partial charge >= 0.3 is 0 Å². The van der Waals surface area contributed by atoms with E-state index in [0.29, 0.717) is 46.7 Å². The molecule has 0 atom stereocenters. The fourth-order valence-corrected chi connectivity index (χ4v) is 3.00. The number of ether oxygens (including phenoxy) is 2. The standard InChI is InChI=1S/C21H20ClNO5/c1-25-19-12-15(11-18(22)21(19)26-2)7-8-20(24)23(13-16-5-3-9-27-16)14-17-6-4-10-28-17/h3-12H,13-14H2,1-2H3/b8-7+. The molecule has 1 aromatic carbocycles. The molecule has 7 heteroatoms. The van der Waals surface area contributed by atoms with Gasteiger partial charge < -0.3 is 23.2 Å². The van der Waals surface area contributed by atoms with Crippen LogP contribution in [-0.4, -0.2) is 25.0 Å². The molecule has 3 aromatic rings.